The summed E-state index contributed by atoms with van der Waals surface area (Å²) in [4.78, 5) is 4.07. The molecule has 8 nitrogen and oxygen atoms in total. The molecular weight excluding hydrogens is 328 g/mol. The van der Waals surface area contributed by atoms with Crippen molar-refractivity contribution in [3.05, 3.63) is 35.9 Å². The maximum absolute atomic E-state index is 12.6. The summed E-state index contributed by atoms with van der Waals surface area (Å²) in [6.07, 6.45) is 5.79. The van der Waals surface area contributed by atoms with Crippen molar-refractivity contribution in [3.8, 4) is 0 Å². The molecule has 0 unspecified atom stereocenters. The fourth-order valence-corrected chi connectivity index (χ4v) is 4.79. The third-order valence-corrected chi connectivity index (χ3v) is 6.79. The van der Waals surface area contributed by atoms with Crippen molar-refractivity contribution in [2.75, 3.05) is 11.9 Å². The van der Waals surface area contributed by atoms with Crippen molar-refractivity contribution in [3.63, 3.8) is 0 Å². The van der Waals surface area contributed by atoms with Gasteiger partial charge < -0.3 is 5.32 Å². The SMILES string of the molecule is O=S(=O)(C1CC1)N1CCCn2nnc(CNc3cccnc3)c2C1. The molecule has 128 valence electrons. The fraction of sp³-hybridized carbons (Fsp3) is 0.533. The Morgan fingerprint density at radius 2 is 2.17 bits per heavy atom. The van der Waals surface area contributed by atoms with E-state index in [2.05, 4.69) is 20.6 Å². The van der Waals surface area contributed by atoms with E-state index in [1.807, 2.05) is 16.8 Å². The molecule has 0 saturated heterocycles. The summed E-state index contributed by atoms with van der Waals surface area (Å²) in [7, 11) is -3.18. The summed E-state index contributed by atoms with van der Waals surface area (Å²) in [5, 5.41) is 11.5. The van der Waals surface area contributed by atoms with E-state index in [0.29, 0.717) is 26.2 Å². The number of sulfonamides is 1. The van der Waals surface area contributed by atoms with Crippen molar-refractivity contribution in [1.82, 2.24) is 24.3 Å². The third-order valence-electron chi connectivity index (χ3n) is 4.45. The van der Waals surface area contributed by atoms with Gasteiger partial charge in [0, 0.05) is 25.5 Å². The minimum Gasteiger partial charge on any atom is -0.378 e. The fourth-order valence-electron chi connectivity index (χ4n) is 2.95. The lowest BCUT2D eigenvalue weighted by atomic mass is 10.3. The Kier molecular flexibility index (Phi) is 3.97. The number of aromatic nitrogens is 4. The molecule has 3 heterocycles. The molecule has 2 aromatic heterocycles. The van der Waals surface area contributed by atoms with E-state index in [-0.39, 0.29) is 5.25 Å². The van der Waals surface area contributed by atoms with Crippen molar-refractivity contribution >= 4 is 15.7 Å². The number of nitrogens with one attached hydrogen (secondary N) is 1. The molecule has 24 heavy (non-hydrogen) atoms. The van der Waals surface area contributed by atoms with Crippen molar-refractivity contribution in [2.45, 2.75) is 44.1 Å². The van der Waals surface area contributed by atoms with Crippen LogP contribution in [0.1, 0.15) is 30.7 Å². The first-order chi connectivity index (χ1) is 11.6. The van der Waals surface area contributed by atoms with Gasteiger partial charge in [-0.3, -0.25) is 4.98 Å². The zero-order valence-corrected chi connectivity index (χ0v) is 14.1. The number of aryl methyl sites for hydroxylation is 1. The zero-order valence-electron chi connectivity index (χ0n) is 13.3. The standard InChI is InChI=1S/C15H20N6O2S/c22-24(23,13-4-5-13)20-7-2-8-21-15(11-20)14(18-19-21)10-17-12-3-1-6-16-9-12/h1,3,6,9,13,17H,2,4-5,7-8,10-11H2. The first-order valence-corrected chi connectivity index (χ1v) is 9.69. The second-order valence-electron chi connectivity index (χ2n) is 6.23. The second kappa shape index (κ2) is 6.14. The predicted molar refractivity (Wildman–Crippen MR) is 88.6 cm³/mol. The summed E-state index contributed by atoms with van der Waals surface area (Å²) in [5.74, 6) is 0. The molecule has 1 aliphatic heterocycles. The molecule has 4 rings (SSSR count). The number of anilines is 1. The van der Waals surface area contributed by atoms with Gasteiger partial charge in [0.15, 0.2) is 0 Å². The Balaban J connectivity index is 1.53. The van der Waals surface area contributed by atoms with Crippen LogP contribution in [0.3, 0.4) is 0 Å². The summed E-state index contributed by atoms with van der Waals surface area (Å²) < 4.78 is 28.6. The smallest absolute Gasteiger partial charge is 0.217 e. The molecule has 1 aliphatic carbocycles. The Bertz CT molecular complexity index is 816. The van der Waals surface area contributed by atoms with Gasteiger partial charge in [0.05, 0.1) is 29.7 Å². The zero-order chi connectivity index (χ0) is 16.6. The molecular formula is C15H20N6O2S. The summed E-state index contributed by atoms with van der Waals surface area (Å²) in [6.45, 7) is 2.11. The van der Waals surface area contributed by atoms with Crippen molar-refractivity contribution in [2.24, 2.45) is 0 Å². The minimum absolute atomic E-state index is 0.183. The Morgan fingerprint density at radius 1 is 1.29 bits per heavy atom. The number of fused-ring (bicyclic) bond motifs is 1. The van der Waals surface area contributed by atoms with E-state index in [1.54, 1.807) is 16.7 Å². The topological polar surface area (TPSA) is 93.0 Å². The molecule has 0 radical (unpaired) electrons. The number of hydrogen-bond acceptors (Lipinski definition) is 6. The molecule has 1 N–H and O–H groups in total. The molecule has 0 aromatic carbocycles. The molecule has 2 aromatic rings. The highest BCUT2D eigenvalue weighted by molar-refractivity contribution is 7.90. The minimum atomic E-state index is -3.18. The van der Waals surface area contributed by atoms with E-state index in [4.69, 9.17) is 0 Å². The average molecular weight is 348 g/mol. The lowest BCUT2D eigenvalue weighted by Gasteiger charge is -2.19. The highest BCUT2D eigenvalue weighted by Gasteiger charge is 2.41. The summed E-state index contributed by atoms with van der Waals surface area (Å²) in [5.41, 5.74) is 2.57. The van der Waals surface area contributed by atoms with E-state index in [9.17, 15) is 8.42 Å². The molecule has 0 atom stereocenters. The van der Waals surface area contributed by atoms with Crippen molar-refractivity contribution in [1.29, 1.82) is 0 Å². The van der Waals surface area contributed by atoms with Gasteiger partial charge >= 0.3 is 0 Å². The second-order valence-corrected chi connectivity index (χ2v) is 8.45. The van der Waals surface area contributed by atoms with E-state index >= 15 is 0 Å². The number of hydrogen-bond donors (Lipinski definition) is 1. The van der Waals surface area contributed by atoms with Crippen LogP contribution in [0.25, 0.3) is 0 Å². The Hall–Kier alpha value is -2.00. The highest BCUT2D eigenvalue weighted by atomic mass is 32.2. The van der Waals surface area contributed by atoms with Gasteiger partial charge in [-0.1, -0.05) is 5.21 Å². The molecule has 0 spiro atoms. The van der Waals surface area contributed by atoms with Crippen LogP contribution >= 0.6 is 0 Å². The van der Waals surface area contributed by atoms with E-state index in [0.717, 1.165) is 36.3 Å². The quantitative estimate of drug-likeness (QED) is 0.866. The van der Waals surface area contributed by atoms with Crippen LogP contribution in [0, 0.1) is 0 Å². The molecule has 1 saturated carbocycles. The van der Waals surface area contributed by atoms with Crippen LogP contribution in [0.5, 0.6) is 0 Å². The van der Waals surface area contributed by atoms with Crippen LogP contribution in [0.15, 0.2) is 24.5 Å². The van der Waals surface area contributed by atoms with Gasteiger partial charge in [0.1, 0.15) is 5.69 Å². The largest absolute Gasteiger partial charge is 0.378 e. The molecule has 0 bridgehead atoms. The Labute approximate surface area is 140 Å². The molecule has 2 aliphatic rings. The van der Waals surface area contributed by atoms with Gasteiger partial charge in [-0.15, -0.1) is 5.10 Å². The average Bonchev–Trinajstić information content (AvgIpc) is 3.40. The summed E-state index contributed by atoms with van der Waals surface area (Å²) >= 11 is 0. The third kappa shape index (κ3) is 3.01. The molecule has 9 heteroatoms. The van der Waals surface area contributed by atoms with Crippen LogP contribution in [-0.2, 0) is 29.7 Å². The Morgan fingerprint density at radius 3 is 2.92 bits per heavy atom. The lowest BCUT2D eigenvalue weighted by molar-refractivity contribution is 0.407. The molecule has 0 amide bonds. The van der Waals surface area contributed by atoms with E-state index < -0.39 is 10.0 Å². The van der Waals surface area contributed by atoms with Gasteiger partial charge in [-0.05, 0) is 31.4 Å². The van der Waals surface area contributed by atoms with Crippen LogP contribution in [-0.4, -0.2) is 44.5 Å². The van der Waals surface area contributed by atoms with Gasteiger partial charge in [-0.25, -0.2) is 13.1 Å². The number of rotatable bonds is 5. The van der Waals surface area contributed by atoms with Crippen LogP contribution in [0.4, 0.5) is 5.69 Å². The van der Waals surface area contributed by atoms with Gasteiger partial charge in [0.2, 0.25) is 10.0 Å². The van der Waals surface area contributed by atoms with E-state index in [1.165, 1.54) is 0 Å². The highest BCUT2D eigenvalue weighted by Crippen LogP contribution is 2.32. The predicted octanol–water partition coefficient (Wildman–Crippen LogP) is 0.983. The maximum Gasteiger partial charge on any atom is 0.217 e. The van der Waals surface area contributed by atoms with Gasteiger partial charge in [-0.2, -0.15) is 4.31 Å². The lowest BCUT2D eigenvalue weighted by Crippen LogP contribution is -2.33. The normalized spacial score (nSPS) is 18.8. The summed E-state index contributed by atoms with van der Waals surface area (Å²) in [6, 6.07) is 3.79. The first-order valence-electron chi connectivity index (χ1n) is 8.19. The van der Waals surface area contributed by atoms with Gasteiger partial charge in [0.25, 0.3) is 0 Å². The van der Waals surface area contributed by atoms with Crippen molar-refractivity contribution < 1.29 is 8.42 Å². The van der Waals surface area contributed by atoms with Crippen LogP contribution in [0.2, 0.25) is 0 Å². The first kappa shape index (κ1) is 15.5. The molecule has 1 fully saturated rings. The van der Waals surface area contributed by atoms with Crippen LogP contribution < -0.4 is 5.32 Å². The maximum atomic E-state index is 12.6. The number of nitrogens with zero attached hydrogens (tertiary/aromatic N) is 5. The number of pyridine rings is 1. The monoisotopic (exact) mass is 348 g/mol.